The van der Waals surface area contributed by atoms with Crippen LogP contribution in [0.25, 0.3) is 0 Å². The molecule has 2 fully saturated rings. The molecule has 2 saturated carbocycles. The summed E-state index contributed by atoms with van der Waals surface area (Å²) in [4.78, 5) is 28.9. The van der Waals surface area contributed by atoms with Crippen molar-refractivity contribution in [1.29, 1.82) is 0 Å². The number of pyridine rings is 1. The van der Waals surface area contributed by atoms with E-state index in [0.29, 0.717) is 28.9 Å². The number of carbonyl (C=O) groups excluding carboxylic acids is 1. The smallest absolute Gasteiger partial charge is 0.283 e. The molecule has 4 rings (SSSR count). The van der Waals surface area contributed by atoms with E-state index in [4.69, 9.17) is 0 Å². The van der Waals surface area contributed by atoms with Crippen LogP contribution in [0.1, 0.15) is 44.1 Å². The Hall–Kier alpha value is -2.22. The lowest BCUT2D eigenvalue weighted by Crippen LogP contribution is -2.43. The number of aromatic nitrogens is 3. The zero-order chi connectivity index (χ0) is 20.2. The number of nitrogens with one attached hydrogen (secondary N) is 2. The molecule has 2 aromatic rings. The third-order valence-corrected chi connectivity index (χ3v) is 6.92. The average molecular weight is 460 g/mol. The van der Waals surface area contributed by atoms with Crippen molar-refractivity contribution < 1.29 is 4.79 Å². The van der Waals surface area contributed by atoms with E-state index in [1.165, 1.54) is 43.2 Å². The third kappa shape index (κ3) is 4.69. The zero-order valence-electron chi connectivity index (χ0n) is 16.3. The summed E-state index contributed by atoms with van der Waals surface area (Å²) in [5.74, 6) is 1.09. The van der Waals surface area contributed by atoms with Gasteiger partial charge in [-0.2, -0.15) is 5.10 Å². The number of anilines is 1. The van der Waals surface area contributed by atoms with Crippen LogP contribution in [-0.2, 0) is 17.9 Å². The largest absolute Gasteiger partial charge is 0.379 e. The molecule has 2 aliphatic rings. The maximum Gasteiger partial charge on any atom is 0.283 e. The molecule has 2 aliphatic carbocycles. The molecule has 154 valence electrons. The van der Waals surface area contributed by atoms with Gasteiger partial charge in [0, 0.05) is 25.0 Å². The fourth-order valence-corrected chi connectivity index (χ4v) is 5.08. The van der Waals surface area contributed by atoms with Gasteiger partial charge in [0.1, 0.15) is 11.0 Å². The minimum Gasteiger partial charge on any atom is -0.379 e. The van der Waals surface area contributed by atoms with Gasteiger partial charge in [0.15, 0.2) is 0 Å². The van der Waals surface area contributed by atoms with Gasteiger partial charge < -0.3 is 10.6 Å². The van der Waals surface area contributed by atoms with E-state index in [-0.39, 0.29) is 18.0 Å². The second-order valence-corrected chi connectivity index (χ2v) is 8.81. The van der Waals surface area contributed by atoms with Gasteiger partial charge in [-0.25, -0.2) is 4.68 Å². The van der Waals surface area contributed by atoms with E-state index in [1.807, 2.05) is 12.1 Å². The average Bonchev–Trinajstić information content (AvgIpc) is 2.72. The molecule has 0 saturated heterocycles. The highest BCUT2D eigenvalue weighted by atomic mass is 79.9. The van der Waals surface area contributed by atoms with Gasteiger partial charge in [0.2, 0.25) is 5.91 Å². The minimum atomic E-state index is -0.296. The molecule has 2 N–H and O–H groups in total. The number of carbonyl (C=O) groups is 1. The van der Waals surface area contributed by atoms with Crippen LogP contribution in [-0.4, -0.2) is 26.7 Å². The lowest BCUT2D eigenvalue weighted by Gasteiger charge is -2.43. The first-order chi connectivity index (χ1) is 14.1. The first kappa shape index (κ1) is 20.1. The third-order valence-electron chi connectivity index (χ3n) is 6.15. The standard InChI is InChI=1S/C21H26BrN5O2/c22-19-17(26-20-15-3-1-4-16(20)6-2-5-15)12-25-27(21(19)29)13-18(28)24-11-14-7-9-23-10-8-14/h7-10,12,15-16,20,26H,1-6,11,13H2,(H,24,28). The summed E-state index contributed by atoms with van der Waals surface area (Å²) in [5.41, 5.74) is 1.38. The summed E-state index contributed by atoms with van der Waals surface area (Å²) in [6, 6.07) is 4.08. The number of halogens is 1. The molecule has 0 aliphatic heterocycles. The Bertz CT molecular complexity index is 895. The fourth-order valence-electron chi connectivity index (χ4n) is 4.66. The number of amides is 1. The zero-order valence-corrected chi connectivity index (χ0v) is 17.9. The summed E-state index contributed by atoms with van der Waals surface area (Å²) in [7, 11) is 0. The Morgan fingerprint density at radius 1 is 1.14 bits per heavy atom. The molecule has 0 radical (unpaired) electrons. The lowest BCUT2D eigenvalue weighted by atomic mass is 9.68. The van der Waals surface area contributed by atoms with Gasteiger partial charge in [-0.1, -0.05) is 12.8 Å². The summed E-state index contributed by atoms with van der Waals surface area (Å²) < 4.78 is 1.64. The second-order valence-electron chi connectivity index (χ2n) is 8.02. The number of rotatable bonds is 6. The van der Waals surface area contributed by atoms with Crippen LogP contribution < -0.4 is 16.2 Å². The number of hydrogen-bond acceptors (Lipinski definition) is 5. The molecule has 2 bridgehead atoms. The first-order valence-electron chi connectivity index (χ1n) is 10.3. The molecule has 0 unspecified atom stereocenters. The Morgan fingerprint density at radius 2 is 1.79 bits per heavy atom. The van der Waals surface area contributed by atoms with Crippen molar-refractivity contribution in [3.8, 4) is 0 Å². The minimum absolute atomic E-state index is 0.114. The van der Waals surface area contributed by atoms with Crippen LogP contribution in [0.5, 0.6) is 0 Å². The summed E-state index contributed by atoms with van der Waals surface area (Å²) in [6.45, 7) is 0.277. The highest BCUT2D eigenvalue weighted by Crippen LogP contribution is 2.41. The predicted molar refractivity (Wildman–Crippen MR) is 114 cm³/mol. The maximum atomic E-state index is 12.7. The predicted octanol–water partition coefficient (Wildman–Crippen LogP) is 3.10. The molecule has 0 spiro atoms. The molecule has 29 heavy (non-hydrogen) atoms. The first-order valence-corrected chi connectivity index (χ1v) is 11.1. The van der Waals surface area contributed by atoms with Gasteiger partial charge >= 0.3 is 0 Å². The van der Waals surface area contributed by atoms with Crippen LogP contribution >= 0.6 is 15.9 Å². The number of fused-ring (bicyclic) bond motifs is 2. The van der Waals surface area contributed by atoms with Crippen molar-refractivity contribution in [3.63, 3.8) is 0 Å². The summed E-state index contributed by atoms with van der Waals surface area (Å²) in [5, 5.41) is 10.6. The van der Waals surface area contributed by atoms with Crippen LogP contribution in [0.15, 0.2) is 40.0 Å². The van der Waals surface area contributed by atoms with Gasteiger partial charge in [-0.15, -0.1) is 0 Å². The van der Waals surface area contributed by atoms with E-state index < -0.39 is 0 Å². The van der Waals surface area contributed by atoms with Crippen molar-refractivity contribution in [2.75, 3.05) is 5.32 Å². The Kier molecular flexibility index (Phi) is 6.28. The molecule has 8 heteroatoms. The van der Waals surface area contributed by atoms with Gasteiger partial charge in [0.05, 0.1) is 11.9 Å². The van der Waals surface area contributed by atoms with Crippen LogP contribution in [0.4, 0.5) is 5.69 Å². The highest BCUT2D eigenvalue weighted by molar-refractivity contribution is 9.10. The normalized spacial score (nSPS) is 23.4. The fraction of sp³-hybridized carbons (Fsp3) is 0.524. The van der Waals surface area contributed by atoms with E-state index in [2.05, 4.69) is 36.6 Å². The summed E-state index contributed by atoms with van der Waals surface area (Å²) in [6.07, 6.45) is 12.7. The molecular formula is C21H26BrN5O2. The van der Waals surface area contributed by atoms with Gasteiger partial charge in [0.25, 0.3) is 5.56 Å². The summed E-state index contributed by atoms with van der Waals surface area (Å²) >= 11 is 3.43. The van der Waals surface area contributed by atoms with E-state index in [1.54, 1.807) is 18.6 Å². The van der Waals surface area contributed by atoms with Crippen molar-refractivity contribution in [1.82, 2.24) is 20.1 Å². The molecule has 2 heterocycles. The quantitative estimate of drug-likeness (QED) is 0.692. The Balaban J connectivity index is 1.40. The number of hydrogen-bond donors (Lipinski definition) is 2. The molecule has 0 atom stereocenters. The van der Waals surface area contributed by atoms with E-state index in [9.17, 15) is 9.59 Å². The lowest BCUT2D eigenvalue weighted by molar-refractivity contribution is -0.122. The Labute approximate surface area is 178 Å². The van der Waals surface area contributed by atoms with E-state index >= 15 is 0 Å². The molecule has 2 aromatic heterocycles. The second kappa shape index (κ2) is 9.07. The molecule has 0 aromatic carbocycles. The Morgan fingerprint density at radius 3 is 2.45 bits per heavy atom. The topological polar surface area (TPSA) is 88.9 Å². The van der Waals surface area contributed by atoms with Crippen molar-refractivity contribution in [2.45, 2.75) is 57.7 Å². The van der Waals surface area contributed by atoms with Crippen LogP contribution in [0.3, 0.4) is 0 Å². The highest BCUT2D eigenvalue weighted by Gasteiger charge is 2.36. The van der Waals surface area contributed by atoms with Crippen molar-refractivity contribution in [3.05, 3.63) is 51.1 Å². The molecular weight excluding hydrogens is 434 g/mol. The molecule has 7 nitrogen and oxygen atoms in total. The number of nitrogens with zero attached hydrogens (tertiary/aromatic N) is 3. The van der Waals surface area contributed by atoms with E-state index in [0.717, 1.165) is 11.3 Å². The van der Waals surface area contributed by atoms with Crippen LogP contribution in [0, 0.1) is 11.8 Å². The molecule has 1 amide bonds. The SMILES string of the molecule is O=C(Cn1ncc(NC2C3CCCC2CCC3)c(Br)c1=O)NCc1ccncc1. The maximum absolute atomic E-state index is 12.7. The van der Waals surface area contributed by atoms with Crippen LogP contribution in [0.2, 0.25) is 0 Å². The van der Waals surface area contributed by atoms with Crippen molar-refractivity contribution in [2.24, 2.45) is 11.8 Å². The van der Waals surface area contributed by atoms with Crippen molar-refractivity contribution >= 4 is 27.5 Å². The van der Waals surface area contributed by atoms with Gasteiger partial charge in [-0.3, -0.25) is 14.6 Å². The van der Waals surface area contributed by atoms with Gasteiger partial charge in [-0.05, 0) is 71.1 Å². The monoisotopic (exact) mass is 459 g/mol.